The maximum Gasteiger partial charge on any atom is 0.387 e. The van der Waals surface area contributed by atoms with Gasteiger partial charge in [0.05, 0.1) is 6.42 Å². The minimum atomic E-state index is -2.88. The molecule has 0 unspecified atom stereocenters. The summed E-state index contributed by atoms with van der Waals surface area (Å²) in [6.07, 6.45) is 0.0906. The number of alkyl halides is 2. The van der Waals surface area contributed by atoms with Gasteiger partial charge in [0.15, 0.2) is 0 Å². The third-order valence-corrected chi connectivity index (χ3v) is 3.33. The monoisotopic (exact) mass is 348 g/mol. The van der Waals surface area contributed by atoms with Gasteiger partial charge in [0, 0.05) is 25.3 Å². The Labute approximate surface area is 144 Å². The molecule has 0 saturated heterocycles. The number of carbonyl (C=O) groups excluding carboxylic acids is 2. The highest BCUT2D eigenvalue weighted by Gasteiger charge is 2.09. The van der Waals surface area contributed by atoms with E-state index in [-0.39, 0.29) is 24.0 Å². The van der Waals surface area contributed by atoms with Crippen molar-refractivity contribution in [3.05, 3.63) is 59.7 Å². The number of carbonyl (C=O) groups is 2. The number of nitrogens with one attached hydrogen (secondary N) is 1. The lowest BCUT2D eigenvalue weighted by Crippen LogP contribution is -2.21. The Kier molecular flexibility index (Phi) is 6.05. The van der Waals surface area contributed by atoms with Gasteiger partial charge in [0.1, 0.15) is 5.75 Å². The van der Waals surface area contributed by atoms with Crippen LogP contribution in [0.5, 0.6) is 5.75 Å². The normalized spacial score (nSPS) is 10.4. The predicted molar refractivity (Wildman–Crippen MR) is 89.9 cm³/mol. The van der Waals surface area contributed by atoms with Crippen LogP contribution in [-0.2, 0) is 11.2 Å². The number of rotatable bonds is 6. The third kappa shape index (κ3) is 5.56. The standard InChI is InChI=1S/C18H18F2N2O3/c1-22(2)17(24)13-5-7-14(8-6-13)21-16(23)11-12-3-9-15(10-4-12)25-18(19)20/h3-10,18H,11H2,1-2H3,(H,21,23). The Morgan fingerprint density at radius 3 is 2.16 bits per heavy atom. The molecule has 2 aromatic rings. The zero-order valence-corrected chi connectivity index (χ0v) is 13.8. The first kappa shape index (κ1) is 18.4. The van der Waals surface area contributed by atoms with E-state index in [0.717, 1.165) is 0 Å². The number of nitrogens with zero attached hydrogens (tertiary/aromatic N) is 1. The molecule has 0 aliphatic rings. The second-order valence-corrected chi connectivity index (χ2v) is 5.52. The van der Waals surface area contributed by atoms with Crippen molar-refractivity contribution in [3.8, 4) is 5.75 Å². The fraction of sp³-hybridized carbons (Fsp3) is 0.222. The van der Waals surface area contributed by atoms with Gasteiger partial charge in [0.25, 0.3) is 5.91 Å². The van der Waals surface area contributed by atoms with Gasteiger partial charge in [-0.25, -0.2) is 0 Å². The van der Waals surface area contributed by atoms with Gasteiger partial charge >= 0.3 is 6.61 Å². The average Bonchev–Trinajstić information content (AvgIpc) is 2.56. The van der Waals surface area contributed by atoms with Gasteiger partial charge in [-0.15, -0.1) is 0 Å². The molecule has 2 aromatic carbocycles. The SMILES string of the molecule is CN(C)C(=O)c1ccc(NC(=O)Cc2ccc(OC(F)F)cc2)cc1. The number of amides is 2. The molecule has 25 heavy (non-hydrogen) atoms. The first-order valence-electron chi connectivity index (χ1n) is 7.50. The predicted octanol–water partition coefficient (Wildman–Crippen LogP) is 3.17. The van der Waals surface area contributed by atoms with Crippen LogP contribution >= 0.6 is 0 Å². The van der Waals surface area contributed by atoms with E-state index < -0.39 is 6.61 Å². The summed E-state index contributed by atoms with van der Waals surface area (Å²) in [6, 6.07) is 12.4. The number of hydrogen-bond donors (Lipinski definition) is 1. The summed E-state index contributed by atoms with van der Waals surface area (Å²) in [4.78, 5) is 25.3. The lowest BCUT2D eigenvalue weighted by Gasteiger charge is -2.11. The van der Waals surface area contributed by atoms with E-state index in [2.05, 4.69) is 10.1 Å². The maximum atomic E-state index is 12.1. The molecule has 0 saturated carbocycles. The highest BCUT2D eigenvalue weighted by Crippen LogP contribution is 2.16. The molecule has 2 amide bonds. The Hall–Kier alpha value is -2.96. The second kappa shape index (κ2) is 8.23. The minimum Gasteiger partial charge on any atom is -0.435 e. The summed E-state index contributed by atoms with van der Waals surface area (Å²) in [5, 5.41) is 2.72. The lowest BCUT2D eigenvalue weighted by atomic mass is 10.1. The summed E-state index contributed by atoms with van der Waals surface area (Å²) >= 11 is 0. The van der Waals surface area contributed by atoms with Crippen LogP contribution in [0.2, 0.25) is 0 Å². The van der Waals surface area contributed by atoms with Crippen molar-refractivity contribution in [3.63, 3.8) is 0 Å². The van der Waals surface area contributed by atoms with Crippen LogP contribution < -0.4 is 10.1 Å². The molecule has 0 aliphatic heterocycles. The highest BCUT2D eigenvalue weighted by atomic mass is 19.3. The third-order valence-electron chi connectivity index (χ3n) is 3.33. The van der Waals surface area contributed by atoms with Crippen molar-refractivity contribution in [1.82, 2.24) is 4.90 Å². The van der Waals surface area contributed by atoms with E-state index in [1.54, 1.807) is 50.5 Å². The van der Waals surface area contributed by atoms with Crippen LogP contribution in [0.3, 0.4) is 0 Å². The van der Waals surface area contributed by atoms with E-state index in [4.69, 9.17) is 0 Å². The van der Waals surface area contributed by atoms with Crippen LogP contribution in [0.4, 0.5) is 14.5 Å². The quantitative estimate of drug-likeness (QED) is 0.872. The molecule has 1 N–H and O–H groups in total. The zero-order valence-electron chi connectivity index (χ0n) is 13.8. The minimum absolute atomic E-state index is 0.0420. The smallest absolute Gasteiger partial charge is 0.387 e. The van der Waals surface area contributed by atoms with Crippen molar-refractivity contribution in [2.45, 2.75) is 13.0 Å². The Balaban J connectivity index is 1.92. The zero-order chi connectivity index (χ0) is 18.4. The molecule has 132 valence electrons. The molecule has 0 bridgehead atoms. The van der Waals surface area contributed by atoms with Gasteiger partial charge < -0.3 is 15.0 Å². The first-order chi connectivity index (χ1) is 11.8. The first-order valence-corrected chi connectivity index (χ1v) is 7.50. The maximum absolute atomic E-state index is 12.1. The summed E-state index contributed by atoms with van der Waals surface area (Å²) in [5.74, 6) is -0.335. The van der Waals surface area contributed by atoms with Crippen LogP contribution in [0.1, 0.15) is 15.9 Å². The second-order valence-electron chi connectivity index (χ2n) is 5.52. The molecule has 0 aliphatic carbocycles. The molecule has 0 fully saturated rings. The molecule has 0 aromatic heterocycles. The van der Waals surface area contributed by atoms with Crippen LogP contribution in [0.15, 0.2) is 48.5 Å². The van der Waals surface area contributed by atoms with E-state index >= 15 is 0 Å². The van der Waals surface area contributed by atoms with Gasteiger partial charge in [-0.2, -0.15) is 8.78 Å². The Morgan fingerprint density at radius 2 is 1.64 bits per heavy atom. The number of hydrogen-bond acceptors (Lipinski definition) is 3. The van der Waals surface area contributed by atoms with E-state index in [0.29, 0.717) is 16.8 Å². The molecular formula is C18H18F2N2O3. The van der Waals surface area contributed by atoms with Crippen molar-refractivity contribution in [1.29, 1.82) is 0 Å². The number of benzene rings is 2. The molecule has 5 nitrogen and oxygen atoms in total. The summed E-state index contributed by atoms with van der Waals surface area (Å²) in [7, 11) is 3.32. The Morgan fingerprint density at radius 1 is 1.04 bits per heavy atom. The average molecular weight is 348 g/mol. The van der Waals surface area contributed by atoms with Crippen molar-refractivity contribution >= 4 is 17.5 Å². The fourth-order valence-corrected chi connectivity index (χ4v) is 2.13. The molecule has 0 spiro atoms. The van der Waals surface area contributed by atoms with E-state index in [1.807, 2.05) is 0 Å². The molecule has 2 rings (SSSR count). The van der Waals surface area contributed by atoms with Gasteiger partial charge in [0.2, 0.25) is 5.91 Å². The number of anilines is 1. The van der Waals surface area contributed by atoms with Crippen LogP contribution in [0, 0.1) is 0 Å². The molecule has 7 heteroatoms. The summed E-state index contributed by atoms with van der Waals surface area (Å²) < 4.78 is 28.4. The number of ether oxygens (including phenoxy) is 1. The lowest BCUT2D eigenvalue weighted by molar-refractivity contribution is -0.115. The topological polar surface area (TPSA) is 58.6 Å². The molecular weight excluding hydrogens is 330 g/mol. The Bertz CT molecular complexity index is 729. The van der Waals surface area contributed by atoms with Crippen molar-refractivity contribution < 1.29 is 23.1 Å². The van der Waals surface area contributed by atoms with Crippen molar-refractivity contribution in [2.24, 2.45) is 0 Å². The van der Waals surface area contributed by atoms with E-state index in [1.165, 1.54) is 17.0 Å². The van der Waals surface area contributed by atoms with Gasteiger partial charge in [-0.1, -0.05) is 12.1 Å². The van der Waals surface area contributed by atoms with Gasteiger partial charge in [-0.05, 0) is 42.0 Å². The van der Waals surface area contributed by atoms with E-state index in [9.17, 15) is 18.4 Å². The summed E-state index contributed by atoms with van der Waals surface area (Å²) in [6.45, 7) is -2.88. The largest absolute Gasteiger partial charge is 0.435 e. The number of halogens is 2. The summed E-state index contributed by atoms with van der Waals surface area (Å²) in [5.41, 5.74) is 1.76. The molecule has 0 atom stereocenters. The molecule has 0 heterocycles. The van der Waals surface area contributed by atoms with Crippen molar-refractivity contribution in [2.75, 3.05) is 19.4 Å². The highest BCUT2D eigenvalue weighted by molar-refractivity contribution is 5.96. The molecule has 0 radical (unpaired) electrons. The fourth-order valence-electron chi connectivity index (χ4n) is 2.13. The van der Waals surface area contributed by atoms with Crippen LogP contribution in [0.25, 0.3) is 0 Å². The van der Waals surface area contributed by atoms with Gasteiger partial charge in [-0.3, -0.25) is 9.59 Å². The van der Waals surface area contributed by atoms with Crippen LogP contribution in [-0.4, -0.2) is 37.4 Å².